The Morgan fingerprint density at radius 2 is 1.96 bits per heavy atom. The molecule has 1 aliphatic rings. The van der Waals surface area contributed by atoms with Crippen LogP contribution in [0.5, 0.6) is 0 Å². The van der Waals surface area contributed by atoms with E-state index >= 15 is 0 Å². The average Bonchev–Trinajstić information content (AvgIpc) is 3.05. The van der Waals surface area contributed by atoms with Crippen molar-refractivity contribution in [3.8, 4) is 0 Å². The smallest absolute Gasteiger partial charge is 0.308 e. The number of aromatic amines is 1. The predicted octanol–water partition coefficient (Wildman–Crippen LogP) is 2.81. The Balaban J connectivity index is 1.49. The number of hydrogen-bond donors (Lipinski definition) is 1. The number of ether oxygens (including phenoxy) is 1. The van der Waals surface area contributed by atoms with Crippen LogP contribution in [0.15, 0.2) is 35.5 Å². The lowest BCUT2D eigenvalue weighted by molar-refractivity contribution is -0.148. The number of methoxy groups -OCH3 is 1. The summed E-state index contributed by atoms with van der Waals surface area (Å²) in [5.41, 5.74) is 3.26. The monoisotopic (exact) mass is 387 g/mol. The number of aryl methyl sites for hydroxylation is 1. The number of hydrogen-bond acceptors (Lipinski definition) is 5. The molecule has 1 saturated heterocycles. The molecule has 2 aromatic rings. The number of thioether (sulfide) groups is 1. The van der Waals surface area contributed by atoms with Gasteiger partial charge in [0.2, 0.25) is 5.91 Å². The van der Waals surface area contributed by atoms with E-state index in [1.165, 1.54) is 24.4 Å². The topological polar surface area (TPSA) is 75.3 Å². The summed E-state index contributed by atoms with van der Waals surface area (Å²) in [6.07, 6.45) is 2.12. The summed E-state index contributed by atoms with van der Waals surface area (Å²) in [7, 11) is 1.41. The molecule has 0 radical (unpaired) electrons. The molecule has 2 heterocycles. The fourth-order valence-electron chi connectivity index (χ4n) is 3.25. The van der Waals surface area contributed by atoms with Gasteiger partial charge in [-0.2, -0.15) is 0 Å². The Morgan fingerprint density at radius 1 is 1.26 bits per heavy atom. The Hall–Kier alpha value is -2.28. The largest absolute Gasteiger partial charge is 0.469 e. The summed E-state index contributed by atoms with van der Waals surface area (Å²) in [5.74, 6) is 0.177. The quantitative estimate of drug-likeness (QED) is 0.609. The number of aromatic nitrogens is 2. The third kappa shape index (κ3) is 5.13. The van der Waals surface area contributed by atoms with E-state index in [9.17, 15) is 9.59 Å². The van der Waals surface area contributed by atoms with Crippen molar-refractivity contribution in [2.75, 3.05) is 26.0 Å². The summed E-state index contributed by atoms with van der Waals surface area (Å²) in [5, 5.41) is 0.774. The van der Waals surface area contributed by atoms with Gasteiger partial charge in [-0.3, -0.25) is 9.59 Å². The predicted molar refractivity (Wildman–Crippen MR) is 105 cm³/mol. The molecule has 144 valence electrons. The molecule has 3 rings (SSSR count). The lowest BCUT2D eigenvalue weighted by Crippen LogP contribution is -2.41. The number of likely N-dealkylation sites (tertiary alicyclic amines) is 1. The van der Waals surface area contributed by atoms with Crippen LogP contribution in [0.3, 0.4) is 0 Å². The van der Waals surface area contributed by atoms with Crippen LogP contribution in [0.1, 0.15) is 29.8 Å². The molecule has 1 N–H and O–H groups in total. The molecule has 1 aromatic carbocycles. The van der Waals surface area contributed by atoms with Gasteiger partial charge in [0.15, 0.2) is 5.16 Å². The summed E-state index contributed by atoms with van der Waals surface area (Å²) < 4.78 is 4.79. The molecule has 1 amide bonds. The first-order valence-electron chi connectivity index (χ1n) is 9.14. The number of benzene rings is 1. The minimum atomic E-state index is -0.173. The Bertz CT molecular complexity index is 783. The van der Waals surface area contributed by atoms with Gasteiger partial charge in [-0.1, -0.05) is 42.1 Å². The zero-order valence-corrected chi connectivity index (χ0v) is 16.6. The van der Waals surface area contributed by atoms with E-state index in [-0.39, 0.29) is 17.8 Å². The van der Waals surface area contributed by atoms with Crippen molar-refractivity contribution in [2.24, 2.45) is 5.92 Å². The second-order valence-corrected chi connectivity index (χ2v) is 7.71. The normalized spacial score (nSPS) is 15.0. The fraction of sp³-hybridized carbons (Fsp3) is 0.450. The summed E-state index contributed by atoms with van der Waals surface area (Å²) in [6, 6.07) is 10.2. The number of nitrogens with zero attached hydrogens (tertiary/aromatic N) is 2. The number of amides is 1. The summed E-state index contributed by atoms with van der Waals surface area (Å²) in [4.78, 5) is 33.8. The highest BCUT2D eigenvalue weighted by Gasteiger charge is 2.27. The highest BCUT2D eigenvalue weighted by molar-refractivity contribution is 7.99. The Morgan fingerprint density at radius 3 is 2.63 bits per heavy atom. The molecule has 0 saturated carbocycles. The molecule has 27 heavy (non-hydrogen) atoms. The summed E-state index contributed by atoms with van der Waals surface area (Å²) >= 11 is 1.43. The molecule has 0 atom stereocenters. The van der Waals surface area contributed by atoms with Crippen LogP contribution < -0.4 is 0 Å². The zero-order chi connectivity index (χ0) is 19.2. The van der Waals surface area contributed by atoms with Crippen LogP contribution in [-0.4, -0.2) is 52.7 Å². The first-order chi connectivity index (χ1) is 13.1. The van der Waals surface area contributed by atoms with Gasteiger partial charge >= 0.3 is 5.97 Å². The third-order valence-corrected chi connectivity index (χ3v) is 5.75. The van der Waals surface area contributed by atoms with Gasteiger partial charge in [-0.05, 0) is 25.3 Å². The zero-order valence-electron chi connectivity index (χ0n) is 15.7. The number of carbonyl (C=O) groups excluding carboxylic acids is 2. The lowest BCUT2D eigenvalue weighted by atomic mass is 9.97. The average molecular weight is 388 g/mol. The highest BCUT2D eigenvalue weighted by Crippen LogP contribution is 2.22. The van der Waals surface area contributed by atoms with Crippen LogP contribution in [0, 0.1) is 12.8 Å². The molecule has 0 aliphatic carbocycles. The molecular formula is C20H25N3O3S. The van der Waals surface area contributed by atoms with E-state index in [0.29, 0.717) is 31.7 Å². The van der Waals surface area contributed by atoms with Crippen molar-refractivity contribution in [2.45, 2.75) is 31.3 Å². The van der Waals surface area contributed by atoms with Crippen molar-refractivity contribution in [3.05, 3.63) is 47.3 Å². The first kappa shape index (κ1) is 19.5. The summed E-state index contributed by atoms with van der Waals surface area (Å²) in [6.45, 7) is 3.22. The maximum atomic E-state index is 12.4. The molecule has 0 spiro atoms. The van der Waals surface area contributed by atoms with Gasteiger partial charge in [0, 0.05) is 25.2 Å². The number of rotatable bonds is 6. The van der Waals surface area contributed by atoms with Crippen molar-refractivity contribution >= 4 is 23.6 Å². The van der Waals surface area contributed by atoms with Gasteiger partial charge in [0.05, 0.1) is 24.5 Å². The van der Waals surface area contributed by atoms with Crippen molar-refractivity contribution in [3.63, 3.8) is 0 Å². The highest BCUT2D eigenvalue weighted by atomic mass is 32.2. The number of imidazole rings is 1. The molecule has 1 aromatic heterocycles. The van der Waals surface area contributed by atoms with E-state index < -0.39 is 0 Å². The molecule has 7 heteroatoms. The number of H-pyrrole nitrogens is 1. The van der Waals surface area contributed by atoms with E-state index in [4.69, 9.17) is 4.74 Å². The molecule has 0 bridgehead atoms. The van der Waals surface area contributed by atoms with Crippen LogP contribution in [0.4, 0.5) is 0 Å². The van der Waals surface area contributed by atoms with Crippen LogP contribution in [-0.2, 0) is 20.7 Å². The van der Waals surface area contributed by atoms with E-state index in [1.54, 1.807) is 0 Å². The van der Waals surface area contributed by atoms with Gasteiger partial charge in [-0.15, -0.1) is 0 Å². The van der Waals surface area contributed by atoms with Gasteiger partial charge in [-0.25, -0.2) is 4.98 Å². The van der Waals surface area contributed by atoms with Crippen LogP contribution >= 0.6 is 11.8 Å². The minimum absolute atomic E-state index is 0.0834. The van der Waals surface area contributed by atoms with E-state index in [2.05, 4.69) is 22.1 Å². The minimum Gasteiger partial charge on any atom is -0.469 e. The maximum Gasteiger partial charge on any atom is 0.308 e. The molecule has 1 aliphatic heterocycles. The number of carbonyl (C=O) groups is 2. The lowest BCUT2D eigenvalue weighted by Gasteiger charge is -2.30. The second-order valence-electron chi connectivity index (χ2n) is 6.74. The Kier molecular flexibility index (Phi) is 6.55. The standard InChI is InChI=1S/C20H25N3O3S/c1-14-17(12-15-6-4-3-5-7-15)22-20(21-14)27-13-18(24)23-10-8-16(9-11-23)19(25)26-2/h3-7,16H,8-13H2,1-2H3,(H,21,22). The molecule has 1 fully saturated rings. The SMILES string of the molecule is COC(=O)C1CCN(C(=O)CSc2nc(Cc3ccccc3)c(C)[nH]2)CC1. The third-order valence-electron chi connectivity index (χ3n) is 4.89. The molecule has 0 unspecified atom stereocenters. The maximum absolute atomic E-state index is 12.4. The number of esters is 1. The van der Waals surface area contributed by atoms with E-state index in [1.807, 2.05) is 30.0 Å². The van der Waals surface area contributed by atoms with Gasteiger partial charge < -0.3 is 14.6 Å². The second kappa shape index (κ2) is 9.08. The fourth-order valence-corrected chi connectivity index (χ4v) is 4.09. The van der Waals surface area contributed by atoms with Gasteiger partial charge in [0.1, 0.15) is 0 Å². The van der Waals surface area contributed by atoms with Crippen LogP contribution in [0.25, 0.3) is 0 Å². The Labute approximate surface area is 163 Å². The van der Waals surface area contributed by atoms with E-state index in [0.717, 1.165) is 23.0 Å². The van der Waals surface area contributed by atoms with Crippen molar-refractivity contribution in [1.82, 2.24) is 14.9 Å². The number of nitrogens with one attached hydrogen (secondary N) is 1. The van der Waals surface area contributed by atoms with Gasteiger partial charge in [0.25, 0.3) is 0 Å². The number of piperidine rings is 1. The molecular weight excluding hydrogens is 362 g/mol. The van der Waals surface area contributed by atoms with Crippen molar-refractivity contribution in [1.29, 1.82) is 0 Å². The van der Waals surface area contributed by atoms with Crippen LogP contribution in [0.2, 0.25) is 0 Å². The first-order valence-corrected chi connectivity index (χ1v) is 10.1. The molecule has 6 nitrogen and oxygen atoms in total. The van der Waals surface area contributed by atoms with Crippen molar-refractivity contribution < 1.29 is 14.3 Å².